The molecule has 200 valence electrons. The number of aromatic nitrogens is 6. The van der Waals surface area contributed by atoms with Gasteiger partial charge in [0.25, 0.3) is 5.91 Å². The van der Waals surface area contributed by atoms with Gasteiger partial charge < -0.3 is 35.8 Å². The molecule has 1 aromatic carbocycles. The lowest BCUT2D eigenvalue weighted by Gasteiger charge is -2.51. The van der Waals surface area contributed by atoms with Crippen LogP contribution in [0.4, 0.5) is 11.8 Å². The zero-order chi connectivity index (χ0) is 26.8. The van der Waals surface area contributed by atoms with E-state index in [-0.39, 0.29) is 30.2 Å². The van der Waals surface area contributed by atoms with E-state index in [2.05, 4.69) is 38.8 Å². The molecule has 3 aromatic heterocycles. The summed E-state index contributed by atoms with van der Waals surface area (Å²) in [7, 11) is 0. The van der Waals surface area contributed by atoms with Crippen LogP contribution in [-0.4, -0.2) is 76.3 Å². The molecule has 2 saturated heterocycles. The molecule has 1 spiro atoms. The van der Waals surface area contributed by atoms with Crippen LogP contribution in [0.5, 0.6) is 0 Å². The zero-order valence-electron chi connectivity index (χ0n) is 21.8. The standard InChI is InChI=1S/C26H33N9O3/c1-14(2)21-30-16-5-4-15(10-17(16)31-21)23(36)34-8-6-26(7-9-34)12-25(3,37)18(11-38-26)35-13-29-19-20(27)32-24(28)33-22(19)35/h4-5,10,13-14,18,37H,6-9,11-12H2,1-3H3,(H,30,31)(H4,27,28,32,33)/t18-,25-/m1/s1. The van der Waals surface area contributed by atoms with Crippen LogP contribution in [0, 0.1) is 0 Å². The Morgan fingerprint density at radius 3 is 2.68 bits per heavy atom. The van der Waals surface area contributed by atoms with Crippen molar-refractivity contribution in [2.45, 2.75) is 63.2 Å². The Kier molecular flexibility index (Phi) is 5.58. The number of nitrogen functional groups attached to an aromatic ring is 2. The number of aliphatic hydroxyl groups is 1. The summed E-state index contributed by atoms with van der Waals surface area (Å²) >= 11 is 0. The molecule has 38 heavy (non-hydrogen) atoms. The minimum absolute atomic E-state index is 0.0114. The fourth-order valence-corrected chi connectivity index (χ4v) is 5.88. The number of imidazole rings is 2. The fraction of sp³-hybridized carbons (Fsp3) is 0.500. The maximum atomic E-state index is 13.3. The number of hydrogen-bond acceptors (Lipinski definition) is 9. The molecule has 0 aliphatic carbocycles. The van der Waals surface area contributed by atoms with E-state index in [4.69, 9.17) is 16.2 Å². The van der Waals surface area contributed by atoms with Crippen molar-refractivity contribution < 1.29 is 14.6 Å². The summed E-state index contributed by atoms with van der Waals surface area (Å²) in [5.41, 5.74) is 13.4. The summed E-state index contributed by atoms with van der Waals surface area (Å²) < 4.78 is 8.21. The molecule has 12 nitrogen and oxygen atoms in total. The highest BCUT2D eigenvalue weighted by molar-refractivity contribution is 5.97. The molecule has 2 aliphatic rings. The molecule has 2 fully saturated rings. The normalized spacial score (nSPS) is 23.6. The number of carbonyl (C=O) groups excluding carboxylic acids is 1. The van der Waals surface area contributed by atoms with Crippen molar-refractivity contribution in [3.63, 3.8) is 0 Å². The van der Waals surface area contributed by atoms with Gasteiger partial charge in [0.2, 0.25) is 5.95 Å². The number of fused-ring (bicyclic) bond motifs is 2. The summed E-state index contributed by atoms with van der Waals surface area (Å²) in [6.45, 7) is 7.34. The van der Waals surface area contributed by atoms with Gasteiger partial charge in [0, 0.05) is 31.0 Å². The Morgan fingerprint density at radius 2 is 1.97 bits per heavy atom. The van der Waals surface area contributed by atoms with E-state index >= 15 is 0 Å². The maximum Gasteiger partial charge on any atom is 0.253 e. The third-order valence-corrected chi connectivity index (χ3v) is 8.00. The first kappa shape index (κ1) is 24.6. The van der Waals surface area contributed by atoms with Gasteiger partial charge in [0.1, 0.15) is 11.3 Å². The quantitative estimate of drug-likeness (QED) is 0.317. The van der Waals surface area contributed by atoms with Gasteiger partial charge in [-0.25, -0.2) is 9.97 Å². The Morgan fingerprint density at radius 1 is 1.21 bits per heavy atom. The number of carbonyl (C=O) groups is 1. The summed E-state index contributed by atoms with van der Waals surface area (Å²) in [5, 5.41) is 11.6. The molecule has 6 rings (SSSR count). The SMILES string of the molecule is CC(C)c1nc2ccc(C(=O)N3CCC4(CC3)C[C@@](C)(O)[C@H](n3cnc5c(N)nc(N)nc53)CO4)cc2[nH]1. The van der Waals surface area contributed by atoms with Gasteiger partial charge in [-0.15, -0.1) is 0 Å². The molecule has 0 saturated carbocycles. The molecular weight excluding hydrogens is 486 g/mol. The molecule has 12 heteroatoms. The number of aromatic amines is 1. The van der Waals surface area contributed by atoms with E-state index in [0.717, 1.165) is 16.9 Å². The monoisotopic (exact) mass is 519 g/mol. The number of benzene rings is 1. The van der Waals surface area contributed by atoms with Crippen molar-refractivity contribution in [3.05, 3.63) is 35.9 Å². The molecule has 1 amide bonds. The lowest BCUT2D eigenvalue weighted by Crippen LogP contribution is -2.58. The smallest absolute Gasteiger partial charge is 0.253 e. The number of H-pyrrole nitrogens is 1. The van der Waals surface area contributed by atoms with Crippen LogP contribution < -0.4 is 11.5 Å². The number of nitrogens with one attached hydrogen (secondary N) is 1. The van der Waals surface area contributed by atoms with Crippen LogP contribution in [-0.2, 0) is 4.74 Å². The first-order chi connectivity index (χ1) is 18.1. The van der Waals surface area contributed by atoms with Crippen LogP contribution in [0.2, 0.25) is 0 Å². The average Bonchev–Trinajstić information content (AvgIpc) is 3.48. The van der Waals surface area contributed by atoms with Crippen molar-refractivity contribution in [2.24, 2.45) is 0 Å². The largest absolute Gasteiger partial charge is 0.388 e. The predicted molar refractivity (Wildman–Crippen MR) is 142 cm³/mol. The number of anilines is 2. The second kappa shape index (κ2) is 8.63. The van der Waals surface area contributed by atoms with Crippen LogP contribution in [0.15, 0.2) is 24.5 Å². The van der Waals surface area contributed by atoms with E-state index < -0.39 is 17.2 Å². The minimum atomic E-state index is -1.10. The molecular formula is C26H33N9O3. The number of nitrogens with two attached hydrogens (primary N) is 2. The van der Waals surface area contributed by atoms with Crippen molar-refractivity contribution in [1.29, 1.82) is 0 Å². The third kappa shape index (κ3) is 4.04. The predicted octanol–water partition coefficient (Wildman–Crippen LogP) is 2.38. The molecule has 0 unspecified atom stereocenters. The number of nitrogens with zero attached hydrogens (tertiary/aromatic N) is 6. The molecule has 5 heterocycles. The van der Waals surface area contributed by atoms with Gasteiger partial charge in [-0.1, -0.05) is 13.8 Å². The van der Waals surface area contributed by atoms with Crippen LogP contribution in [0.25, 0.3) is 22.2 Å². The van der Waals surface area contributed by atoms with Crippen LogP contribution in [0.3, 0.4) is 0 Å². The minimum Gasteiger partial charge on any atom is -0.388 e. The Bertz CT molecular complexity index is 1530. The molecule has 0 bridgehead atoms. The van der Waals surface area contributed by atoms with E-state index in [1.165, 1.54) is 0 Å². The number of rotatable bonds is 3. The summed E-state index contributed by atoms with van der Waals surface area (Å²) in [6, 6.07) is 5.18. The second-order valence-corrected chi connectivity index (χ2v) is 11.1. The fourth-order valence-electron chi connectivity index (χ4n) is 5.88. The summed E-state index contributed by atoms with van der Waals surface area (Å²) in [4.78, 5) is 35.7. The van der Waals surface area contributed by atoms with Gasteiger partial charge >= 0.3 is 0 Å². The van der Waals surface area contributed by atoms with Crippen LogP contribution >= 0.6 is 0 Å². The van der Waals surface area contributed by atoms with Gasteiger partial charge in [-0.05, 0) is 38.0 Å². The van der Waals surface area contributed by atoms with Crippen molar-refractivity contribution in [1.82, 2.24) is 34.4 Å². The highest BCUT2D eigenvalue weighted by atomic mass is 16.5. The Labute approximate surface area is 219 Å². The molecule has 0 radical (unpaired) electrons. The zero-order valence-corrected chi connectivity index (χ0v) is 21.8. The van der Waals surface area contributed by atoms with Gasteiger partial charge in [-0.3, -0.25) is 4.79 Å². The summed E-state index contributed by atoms with van der Waals surface area (Å²) in [5.74, 6) is 1.43. The third-order valence-electron chi connectivity index (χ3n) is 8.00. The topological polar surface area (TPSA) is 174 Å². The molecule has 6 N–H and O–H groups in total. The second-order valence-electron chi connectivity index (χ2n) is 11.1. The molecule has 4 aromatic rings. The average molecular weight is 520 g/mol. The first-order valence-electron chi connectivity index (χ1n) is 13.0. The Balaban J connectivity index is 1.16. The van der Waals surface area contributed by atoms with Crippen molar-refractivity contribution in [2.75, 3.05) is 31.2 Å². The molecule has 2 atom stereocenters. The number of ether oxygens (including phenoxy) is 1. The number of piperidine rings is 1. The van der Waals surface area contributed by atoms with E-state index in [0.29, 0.717) is 49.1 Å². The van der Waals surface area contributed by atoms with E-state index in [1.807, 2.05) is 30.0 Å². The Hall–Kier alpha value is -3.77. The van der Waals surface area contributed by atoms with Crippen molar-refractivity contribution >= 4 is 39.9 Å². The lowest BCUT2D eigenvalue weighted by molar-refractivity contribution is -0.194. The summed E-state index contributed by atoms with van der Waals surface area (Å²) in [6.07, 6.45) is 3.29. The highest BCUT2D eigenvalue weighted by Gasteiger charge is 2.50. The maximum absolute atomic E-state index is 13.3. The highest BCUT2D eigenvalue weighted by Crippen LogP contribution is 2.44. The lowest BCUT2D eigenvalue weighted by atomic mass is 9.75. The van der Waals surface area contributed by atoms with Gasteiger partial charge in [-0.2, -0.15) is 9.97 Å². The van der Waals surface area contributed by atoms with E-state index in [1.54, 1.807) is 10.9 Å². The number of amides is 1. The van der Waals surface area contributed by atoms with Gasteiger partial charge in [0.15, 0.2) is 11.5 Å². The van der Waals surface area contributed by atoms with E-state index in [9.17, 15) is 9.90 Å². The number of likely N-dealkylation sites (tertiary alicyclic amines) is 1. The van der Waals surface area contributed by atoms with Gasteiger partial charge in [0.05, 0.1) is 41.2 Å². The number of hydrogen-bond donors (Lipinski definition) is 4. The molecule has 2 aliphatic heterocycles. The van der Waals surface area contributed by atoms with Crippen LogP contribution in [0.1, 0.15) is 68.2 Å². The first-order valence-corrected chi connectivity index (χ1v) is 13.0. The van der Waals surface area contributed by atoms with Crippen molar-refractivity contribution in [3.8, 4) is 0 Å².